The number of nitrogens with zero attached hydrogens (tertiary/aromatic N) is 3. The molecule has 1 atom stereocenters. The molecule has 166 valence electrons. The molecule has 0 aliphatic carbocycles. The van der Waals surface area contributed by atoms with Gasteiger partial charge in [0.1, 0.15) is 18.1 Å². The van der Waals surface area contributed by atoms with Gasteiger partial charge in [0.05, 0.1) is 25.3 Å². The van der Waals surface area contributed by atoms with Gasteiger partial charge in [-0.15, -0.1) is 10.2 Å². The molecule has 1 amide bonds. The highest BCUT2D eigenvalue weighted by Crippen LogP contribution is 2.23. The molecule has 0 spiro atoms. The molecule has 1 N–H and O–H groups in total. The molecule has 1 aromatic heterocycles. The van der Waals surface area contributed by atoms with Gasteiger partial charge in [0, 0.05) is 18.7 Å². The van der Waals surface area contributed by atoms with Gasteiger partial charge >= 0.3 is 0 Å². The van der Waals surface area contributed by atoms with E-state index in [1.807, 2.05) is 66.7 Å². The van der Waals surface area contributed by atoms with Crippen molar-refractivity contribution in [3.05, 3.63) is 66.7 Å². The van der Waals surface area contributed by atoms with Gasteiger partial charge in [-0.3, -0.25) is 4.79 Å². The number of amides is 1. The first-order valence-electron chi connectivity index (χ1n) is 10.9. The van der Waals surface area contributed by atoms with Crippen LogP contribution >= 0.6 is 0 Å². The average Bonchev–Trinajstić information content (AvgIpc) is 2.87. The molecule has 1 saturated heterocycles. The molecule has 7 heteroatoms. The lowest BCUT2D eigenvalue weighted by Gasteiger charge is -2.32. The quantitative estimate of drug-likeness (QED) is 0.549. The molecule has 1 aliphatic heterocycles. The summed E-state index contributed by atoms with van der Waals surface area (Å²) in [6, 6.07) is 21.4. The summed E-state index contributed by atoms with van der Waals surface area (Å²) in [6.07, 6.45) is 1.82. The van der Waals surface area contributed by atoms with E-state index in [2.05, 4.69) is 20.4 Å². The number of carbonyl (C=O) groups is 1. The number of rotatable bonds is 8. The lowest BCUT2D eigenvalue weighted by atomic mass is 9.97. The van der Waals surface area contributed by atoms with Crippen LogP contribution in [0.5, 0.6) is 11.5 Å². The Morgan fingerprint density at radius 2 is 1.81 bits per heavy atom. The summed E-state index contributed by atoms with van der Waals surface area (Å²) >= 11 is 0. The lowest BCUT2D eigenvalue weighted by Crippen LogP contribution is -2.44. The van der Waals surface area contributed by atoms with E-state index in [0.29, 0.717) is 19.7 Å². The van der Waals surface area contributed by atoms with E-state index >= 15 is 0 Å². The Morgan fingerprint density at radius 3 is 2.53 bits per heavy atom. The van der Waals surface area contributed by atoms with Crippen molar-refractivity contribution in [2.24, 2.45) is 5.92 Å². The van der Waals surface area contributed by atoms with Crippen molar-refractivity contribution >= 4 is 11.7 Å². The van der Waals surface area contributed by atoms with Crippen LogP contribution in [-0.4, -0.2) is 49.5 Å². The van der Waals surface area contributed by atoms with Gasteiger partial charge in [-0.25, -0.2) is 0 Å². The summed E-state index contributed by atoms with van der Waals surface area (Å²) in [5, 5.41) is 11.8. The predicted molar refractivity (Wildman–Crippen MR) is 124 cm³/mol. The first kappa shape index (κ1) is 21.6. The second kappa shape index (κ2) is 10.6. The minimum absolute atomic E-state index is 0.0573. The Hall–Kier alpha value is -3.61. The first-order valence-corrected chi connectivity index (χ1v) is 10.9. The molecule has 4 rings (SSSR count). The van der Waals surface area contributed by atoms with Gasteiger partial charge in [-0.05, 0) is 49.2 Å². The van der Waals surface area contributed by atoms with Crippen molar-refractivity contribution in [3.63, 3.8) is 0 Å². The maximum absolute atomic E-state index is 12.7. The topological polar surface area (TPSA) is 76.6 Å². The zero-order valence-electron chi connectivity index (χ0n) is 18.2. The lowest BCUT2D eigenvalue weighted by molar-refractivity contribution is -0.125. The molecular weight excluding hydrogens is 404 g/mol. The van der Waals surface area contributed by atoms with Crippen LogP contribution in [0.2, 0.25) is 0 Å². The normalized spacial score (nSPS) is 15.8. The van der Waals surface area contributed by atoms with Crippen molar-refractivity contribution in [1.29, 1.82) is 0 Å². The molecule has 0 radical (unpaired) electrons. The van der Waals surface area contributed by atoms with Crippen LogP contribution in [-0.2, 0) is 4.79 Å². The van der Waals surface area contributed by atoms with Crippen molar-refractivity contribution in [1.82, 2.24) is 15.5 Å². The van der Waals surface area contributed by atoms with Crippen molar-refractivity contribution < 1.29 is 14.3 Å². The molecule has 3 aromatic rings. The molecule has 1 unspecified atom stereocenters. The van der Waals surface area contributed by atoms with Gasteiger partial charge in [-0.2, -0.15) is 0 Å². The standard InChI is InChI=1S/C25H28N4O3/c1-31-21-9-11-22(12-10-21)32-17-15-26-25(30)20-8-5-16-29(18-20)24-14-13-23(27-28-24)19-6-3-2-4-7-19/h2-4,6-7,9-14,20H,5,8,15-18H2,1H3,(H,26,30). The van der Waals surface area contributed by atoms with Crippen LogP contribution in [0.15, 0.2) is 66.7 Å². The smallest absolute Gasteiger partial charge is 0.225 e. The summed E-state index contributed by atoms with van der Waals surface area (Å²) in [6.45, 7) is 2.40. The maximum Gasteiger partial charge on any atom is 0.225 e. The minimum atomic E-state index is -0.0691. The van der Waals surface area contributed by atoms with Gasteiger partial charge < -0.3 is 19.7 Å². The third-order valence-electron chi connectivity index (χ3n) is 5.57. The number of benzene rings is 2. The van der Waals surface area contributed by atoms with Crippen LogP contribution < -0.4 is 19.7 Å². The third kappa shape index (κ3) is 5.55. The molecule has 32 heavy (non-hydrogen) atoms. The minimum Gasteiger partial charge on any atom is -0.497 e. The van der Waals surface area contributed by atoms with Gasteiger partial charge in [0.15, 0.2) is 5.82 Å². The summed E-state index contributed by atoms with van der Waals surface area (Å²) in [5.41, 5.74) is 1.89. The number of piperidine rings is 1. The van der Waals surface area contributed by atoms with Crippen molar-refractivity contribution in [2.45, 2.75) is 12.8 Å². The number of anilines is 1. The SMILES string of the molecule is COc1ccc(OCCNC(=O)C2CCCN(c3ccc(-c4ccccc4)nn3)C2)cc1. The van der Waals surface area contributed by atoms with E-state index in [4.69, 9.17) is 9.47 Å². The highest BCUT2D eigenvalue weighted by atomic mass is 16.5. The van der Waals surface area contributed by atoms with E-state index in [-0.39, 0.29) is 11.8 Å². The summed E-state index contributed by atoms with van der Waals surface area (Å²) < 4.78 is 10.8. The van der Waals surface area contributed by atoms with Crippen molar-refractivity contribution in [2.75, 3.05) is 38.3 Å². The van der Waals surface area contributed by atoms with Crippen LogP contribution in [0.25, 0.3) is 11.3 Å². The van der Waals surface area contributed by atoms with E-state index in [1.54, 1.807) is 7.11 Å². The zero-order valence-corrected chi connectivity index (χ0v) is 18.2. The van der Waals surface area contributed by atoms with E-state index < -0.39 is 0 Å². The molecule has 7 nitrogen and oxygen atoms in total. The Balaban J connectivity index is 1.25. The van der Waals surface area contributed by atoms with E-state index in [1.165, 1.54) is 0 Å². The van der Waals surface area contributed by atoms with E-state index in [0.717, 1.165) is 48.0 Å². The highest BCUT2D eigenvalue weighted by Gasteiger charge is 2.26. The van der Waals surface area contributed by atoms with Crippen LogP contribution in [0.4, 0.5) is 5.82 Å². The Labute approximate surface area is 188 Å². The number of carbonyl (C=O) groups excluding carboxylic acids is 1. The molecule has 2 heterocycles. The number of hydrogen-bond donors (Lipinski definition) is 1. The van der Waals surface area contributed by atoms with Gasteiger partial charge in [-0.1, -0.05) is 30.3 Å². The fourth-order valence-electron chi connectivity index (χ4n) is 3.82. The van der Waals surface area contributed by atoms with Crippen LogP contribution in [0.1, 0.15) is 12.8 Å². The average molecular weight is 433 g/mol. The number of methoxy groups -OCH3 is 1. The van der Waals surface area contributed by atoms with E-state index in [9.17, 15) is 4.79 Å². The fourth-order valence-corrected chi connectivity index (χ4v) is 3.82. The monoisotopic (exact) mass is 432 g/mol. The number of aromatic nitrogens is 2. The summed E-state index contributed by atoms with van der Waals surface area (Å²) in [5.74, 6) is 2.33. The molecule has 1 aliphatic rings. The zero-order chi connectivity index (χ0) is 22.2. The Morgan fingerprint density at radius 1 is 1.03 bits per heavy atom. The molecule has 2 aromatic carbocycles. The Bertz CT molecular complexity index is 994. The number of nitrogens with one attached hydrogen (secondary N) is 1. The highest BCUT2D eigenvalue weighted by molar-refractivity contribution is 5.79. The number of hydrogen-bond acceptors (Lipinski definition) is 6. The Kier molecular flexibility index (Phi) is 7.17. The molecular formula is C25H28N4O3. The molecule has 1 fully saturated rings. The van der Waals surface area contributed by atoms with Crippen molar-refractivity contribution in [3.8, 4) is 22.8 Å². The summed E-state index contributed by atoms with van der Waals surface area (Å²) in [4.78, 5) is 14.8. The van der Waals surface area contributed by atoms with Crippen LogP contribution in [0.3, 0.4) is 0 Å². The second-order valence-corrected chi connectivity index (χ2v) is 7.74. The third-order valence-corrected chi connectivity index (χ3v) is 5.57. The largest absolute Gasteiger partial charge is 0.497 e. The first-order chi connectivity index (χ1) is 15.7. The molecule has 0 saturated carbocycles. The van der Waals surface area contributed by atoms with Crippen LogP contribution in [0, 0.1) is 5.92 Å². The maximum atomic E-state index is 12.7. The fraction of sp³-hybridized carbons (Fsp3) is 0.320. The van der Waals surface area contributed by atoms with Gasteiger partial charge in [0.25, 0.3) is 0 Å². The predicted octanol–water partition coefficient (Wildman–Crippen LogP) is 3.56. The number of ether oxygens (including phenoxy) is 2. The molecule has 0 bridgehead atoms. The summed E-state index contributed by atoms with van der Waals surface area (Å²) in [7, 11) is 1.63. The van der Waals surface area contributed by atoms with Gasteiger partial charge in [0.2, 0.25) is 5.91 Å². The second-order valence-electron chi connectivity index (χ2n) is 7.74.